The topological polar surface area (TPSA) is 31.6 Å². The molecule has 3 aromatic carbocycles. The van der Waals surface area contributed by atoms with Crippen molar-refractivity contribution < 1.29 is 0 Å². The van der Waals surface area contributed by atoms with Crippen LogP contribution in [0.4, 0.5) is 0 Å². The number of nitrogens with one attached hydrogen (secondary N) is 2. The second kappa shape index (κ2) is 4.92. The van der Waals surface area contributed by atoms with Gasteiger partial charge in [-0.2, -0.15) is 0 Å². The first-order chi connectivity index (χ1) is 10.9. The van der Waals surface area contributed by atoms with Crippen LogP contribution in [0.25, 0.3) is 43.6 Å². The van der Waals surface area contributed by atoms with E-state index in [9.17, 15) is 0 Å². The van der Waals surface area contributed by atoms with E-state index < -0.39 is 0 Å². The summed E-state index contributed by atoms with van der Waals surface area (Å²) >= 11 is 0. The summed E-state index contributed by atoms with van der Waals surface area (Å²) in [5.74, 6) is 0. The fraction of sp³-hybridized carbons (Fsp3) is 0.100. The fourth-order valence-corrected chi connectivity index (χ4v) is 3.26. The molecule has 5 rings (SSSR count). The standard InChI is InChI=1S/C18H12N2.C2H6/c1-3-7-14-11(5-1)12-9-10-16-17(18(12)20-14)13-6-2-4-8-15(13)19-16;1-2/h1-10,19-20H;1-2H3. The Kier molecular flexibility index (Phi) is 2.90. The van der Waals surface area contributed by atoms with Crippen molar-refractivity contribution in [2.75, 3.05) is 0 Å². The number of para-hydroxylation sites is 2. The molecule has 0 radical (unpaired) electrons. The molecule has 0 fully saturated rings. The van der Waals surface area contributed by atoms with Crippen LogP contribution in [0, 0.1) is 0 Å². The van der Waals surface area contributed by atoms with Gasteiger partial charge >= 0.3 is 0 Å². The third-order valence-corrected chi connectivity index (χ3v) is 4.15. The highest BCUT2D eigenvalue weighted by molar-refractivity contribution is 6.24. The van der Waals surface area contributed by atoms with Gasteiger partial charge in [0, 0.05) is 38.1 Å². The SMILES string of the molecule is CC.c1ccc2c(c1)[nH]c1c2ccc2[nH]c3ccccc3c21. The molecule has 22 heavy (non-hydrogen) atoms. The van der Waals surface area contributed by atoms with Crippen LogP contribution in [0.5, 0.6) is 0 Å². The lowest BCUT2D eigenvalue weighted by Crippen LogP contribution is -1.71. The number of rotatable bonds is 0. The van der Waals surface area contributed by atoms with Gasteiger partial charge in [-0.05, 0) is 18.2 Å². The number of hydrogen-bond donors (Lipinski definition) is 2. The van der Waals surface area contributed by atoms with Crippen LogP contribution in [0.15, 0.2) is 60.7 Å². The molecule has 2 heterocycles. The molecular weight excluding hydrogens is 268 g/mol. The molecule has 0 bridgehead atoms. The molecule has 0 saturated heterocycles. The van der Waals surface area contributed by atoms with E-state index in [1.165, 1.54) is 43.6 Å². The lowest BCUT2D eigenvalue weighted by molar-refractivity contribution is 1.50. The van der Waals surface area contributed by atoms with E-state index >= 15 is 0 Å². The number of aromatic amines is 2. The molecule has 2 nitrogen and oxygen atoms in total. The van der Waals surface area contributed by atoms with Gasteiger partial charge < -0.3 is 9.97 Å². The average molecular weight is 286 g/mol. The third-order valence-electron chi connectivity index (χ3n) is 4.15. The number of benzene rings is 3. The minimum atomic E-state index is 1.19. The lowest BCUT2D eigenvalue weighted by atomic mass is 10.1. The van der Waals surface area contributed by atoms with Crippen molar-refractivity contribution in [2.24, 2.45) is 0 Å². The molecule has 0 unspecified atom stereocenters. The Hall–Kier alpha value is -2.74. The molecule has 0 spiro atoms. The number of aromatic nitrogens is 2. The van der Waals surface area contributed by atoms with E-state index in [2.05, 4.69) is 70.6 Å². The smallest absolute Gasteiger partial charge is 0.0566 e. The van der Waals surface area contributed by atoms with Crippen LogP contribution < -0.4 is 0 Å². The highest BCUT2D eigenvalue weighted by Crippen LogP contribution is 2.35. The predicted octanol–water partition coefficient (Wildman–Crippen LogP) is 5.98. The monoisotopic (exact) mass is 286 g/mol. The minimum absolute atomic E-state index is 1.19. The molecule has 108 valence electrons. The first-order valence-corrected chi connectivity index (χ1v) is 7.82. The highest BCUT2D eigenvalue weighted by atomic mass is 14.7. The number of hydrogen-bond acceptors (Lipinski definition) is 0. The van der Waals surface area contributed by atoms with Crippen LogP contribution >= 0.6 is 0 Å². The third kappa shape index (κ3) is 1.67. The highest BCUT2D eigenvalue weighted by Gasteiger charge is 2.11. The molecule has 0 saturated carbocycles. The fourth-order valence-electron chi connectivity index (χ4n) is 3.26. The summed E-state index contributed by atoms with van der Waals surface area (Å²) in [6.07, 6.45) is 0. The summed E-state index contributed by atoms with van der Waals surface area (Å²) < 4.78 is 0. The normalized spacial score (nSPS) is 11.2. The molecule has 0 aliphatic carbocycles. The average Bonchev–Trinajstić information content (AvgIpc) is 3.14. The molecule has 0 atom stereocenters. The Balaban J connectivity index is 0.000000602. The largest absolute Gasteiger partial charge is 0.354 e. The maximum atomic E-state index is 3.58. The molecule has 2 heteroatoms. The van der Waals surface area contributed by atoms with Gasteiger partial charge in [-0.15, -0.1) is 0 Å². The van der Waals surface area contributed by atoms with Gasteiger partial charge in [0.2, 0.25) is 0 Å². The van der Waals surface area contributed by atoms with Gasteiger partial charge in [-0.25, -0.2) is 0 Å². The van der Waals surface area contributed by atoms with Gasteiger partial charge in [0.1, 0.15) is 0 Å². The van der Waals surface area contributed by atoms with Crippen molar-refractivity contribution in [3.05, 3.63) is 60.7 Å². The van der Waals surface area contributed by atoms with Gasteiger partial charge in [0.15, 0.2) is 0 Å². The second-order valence-electron chi connectivity index (χ2n) is 5.25. The molecule has 0 aliphatic rings. The van der Waals surface area contributed by atoms with E-state index in [-0.39, 0.29) is 0 Å². The second-order valence-corrected chi connectivity index (χ2v) is 5.25. The molecule has 0 amide bonds. The molecule has 5 aromatic rings. The van der Waals surface area contributed by atoms with Crippen molar-refractivity contribution in [1.82, 2.24) is 9.97 Å². The maximum absolute atomic E-state index is 3.58. The Morgan fingerprint density at radius 2 is 1.18 bits per heavy atom. The van der Waals surface area contributed by atoms with Crippen LogP contribution in [0.3, 0.4) is 0 Å². The van der Waals surface area contributed by atoms with Crippen LogP contribution in [-0.2, 0) is 0 Å². The summed E-state index contributed by atoms with van der Waals surface area (Å²) in [6.45, 7) is 4.00. The minimum Gasteiger partial charge on any atom is -0.354 e. The van der Waals surface area contributed by atoms with Crippen molar-refractivity contribution in [3.8, 4) is 0 Å². The summed E-state index contributed by atoms with van der Waals surface area (Å²) in [5, 5.41) is 5.14. The molecular formula is C20H18N2. The van der Waals surface area contributed by atoms with Crippen molar-refractivity contribution >= 4 is 43.6 Å². The summed E-state index contributed by atoms with van der Waals surface area (Å²) in [6, 6.07) is 21.3. The Labute approximate surface area is 128 Å². The van der Waals surface area contributed by atoms with Crippen molar-refractivity contribution in [1.29, 1.82) is 0 Å². The number of H-pyrrole nitrogens is 2. The molecule has 0 aliphatic heterocycles. The maximum Gasteiger partial charge on any atom is 0.0566 e. The van der Waals surface area contributed by atoms with E-state index in [1.807, 2.05) is 13.8 Å². The van der Waals surface area contributed by atoms with Crippen molar-refractivity contribution in [2.45, 2.75) is 13.8 Å². The van der Waals surface area contributed by atoms with Gasteiger partial charge in [-0.3, -0.25) is 0 Å². The van der Waals surface area contributed by atoms with Gasteiger partial charge in [-0.1, -0.05) is 56.3 Å². The van der Waals surface area contributed by atoms with Crippen molar-refractivity contribution in [3.63, 3.8) is 0 Å². The van der Waals surface area contributed by atoms with E-state index in [0.717, 1.165) is 0 Å². The lowest BCUT2D eigenvalue weighted by Gasteiger charge is -1.94. The van der Waals surface area contributed by atoms with E-state index in [0.29, 0.717) is 0 Å². The Morgan fingerprint density at radius 1 is 0.545 bits per heavy atom. The van der Waals surface area contributed by atoms with Crippen LogP contribution in [0.2, 0.25) is 0 Å². The summed E-state index contributed by atoms with van der Waals surface area (Å²) in [7, 11) is 0. The van der Waals surface area contributed by atoms with Crippen LogP contribution in [-0.4, -0.2) is 9.97 Å². The van der Waals surface area contributed by atoms with Gasteiger partial charge in [0.05, 0.1) is 5.52 Å². The zero-order valence-corrected chi connectivity index (χ0v) is 12.8. The Bertz CT molecular complexity index is 1100. The van der Waals surface area contributed by atoms with Crippen LogP contribution in [0.1, 0.15) is 13.8 Å². The molecule has 2 N–H and O–H groups in total. The first kappa shape index (κ1) is 13.0. The number of fused-ring (bicyclic) bond motifs is 7. The summed E-state index contributed by atoms with van der Waals surface area (Å²) in [4.78, 5) is 7.07. The first-order valence-electron chi connectivity index (χ1n) is 7.82. The Morgan fingerprint density at radius 3 is 1.95 bits per heavy atom. The summed E-state index contributed by atoms with van der Waals surface area (Å²) in [5.41, 5.74) is 4.79. The predicted molar refractivity (Wildman–Crippen MR) is 96.5 cm³/mol. The zero-order valence-electron chi connectivity index (χ0n) is 12.8. The van der Waals surface area contributed by atoms with E-state index in [1.54, 1.807) is 0 Å². The van der Waals surface area contributed by atoms with Gasteiger partial charge in [0.25, 0.3) is 0 Å². The quantitative estimate of drug-likeness (QED) is 0.351. The molecule has 2 aromatic heterocycles. The zero-order chi connectivity index (χ0) is 15.1. The van der Waals surface area contributed by atoms with E-state index in [4.69, 9.17) is 0 Å².